The highest BCUT2D eigenvalue weighted by atomic mass is 16.3. The second-order valence-electron chi connectivity index (χ2n) is 7.04. The third-order valence-corrected chi connectivity index (χ3v) is 4.94. The van der Waals surface area contributed by atoms with Crippen molar-refractivity contribution in [3.05, 3.63) is 54.0 Å². The molecule has 1 aliphatic rings. The standard InChI is InChI=1S/C20H21N5O3/c26-16-3-1-2-13(6-16)4-5-18(27)25-10-14(11-25)8-22-20(28)15-7-17-19(21-9-15)24-12-23-17/h1-3,6-7,9,12,14,26H,4-5,8,10-11H2,(H,22,28)(H,21,23,24). The summed E-state index contributed by atoms with van der Waals surface area (Å²) in [6, 6.07) is 8.69. The van der Waals surface area contributed by atoms with Crippen molar-refractivity contribution in [3.63, 3.8) is 0 Å². The first-order valence-corrected chi connectivity index (χ1v) is 9.21. The van der Waals surface area contributed by atoms with Gasteiger partial charge in [0.2, 0.25) is 5.91 Å². The highest BCUT2D eigenvalue weighted by Gasteiger charge is 2.30. The number of fused-ring (bicyclic) bond motifs is 1. The molecule has 0 bridgehead atoms. The molecule has 0 radical (unpaired) electrons. The Morgan fingerprint density at radius 3 is 2.93 bits per heavy atom. The molecule has 0 spiro atoms. The van der Waals surface area contributed by atoms with E-state index in [1.54, 1.807) is 35.5 Å². The van der Waals surface area contributed by atoms with Crippen LogP contribution in [0.3, 0.4) is 0 Å². The van der Waals surface area contributed by atoms with Crippen LogP contribution in [0.25, 0.3) is 11.2 Å². The zero-order valence-electron chi connectivity index (χ0n) is 15.3. The molecule has 0 saturated carbocycles. The minimum absolute atomic E-state index is 0.0971. The number of aromatic amines is 1. The van der Waals surface area contributed by atoms with Gasteiger partial charge in [-0.2, -0.15) is 0 Å². The number of aryl methyl sites for hydroxylation is 1. The minimum atomic E-state index is -0.183. The van der Waals surface area contributed by atoms with E-state index in [4.69, 9.17) is 0 Å². The van der Waals surface area contributed by atoms with Crippen LogP contribution in [0.2, 0.25) is 0 Å². The first-order valence-electron chi connectivity index (χ1n) is 9.21. The lowest BCUT2D eigenvalue weighted by atomic mass is 9.98. The maximum atomic E-state index is 12.3. The predicted molar refractivity (Wildman–Crippen MR) is 103 cm³/mol. The SMILES string of the molecule is O=C(NCC1CN(C(=O)CCc2cccc(O)c2)C1)c1cnc2nc[nH]c2c1. The molecule has 8 nitrogen and oxygen atoms in total. The molecular weight excluding hydrogens is 358 g/mol. The van der Waals surface area contributed by atoms with Gasteiger partial charge in [-0.15, -0.1) is 0 Å². The van der Waals surface area contributed by atoms with Crippen LogP contribution in [0.4, 0.5) is 0 Å². The molecule has 3 aromatic rings. The van der Waals surface area contributed by atoms with E-state index in [9.17, 15) is 14.7 Å². The molecule has 8 heteroatoms. The van der Waals surface area contributed by atoms with Gasteiger partial charge in [-0.1, -0.05) is 12.1 Å². The Morgan fingerprint density at radius 1 is 1.25 bits per heavy atom. The number of rotatable bonds is 6. The number of phenolic OH excluding ortho intramolecular Hbond substituents is 1. The van der Waals surface area contributed by atoms with Crippen molar-refractivity contribution in [1.29, 1.82) is 0 Å². The molecule has 28 heavy (non-hydrogen) atoms. The van der Waals surface area contributed by atoms with Crippen LogP contribution in [0.5, 0.6) is 5.75 Å². The molecule has 1 aromatic carbocycles. The van der Waals surface area contributed by atoms with Crippen LogP contribution in [0.1, 0.15) is 22.3 Å². The molecule has 2 aromatic heterocycles. The second kappa shape index (κ2) is 7.67. The largest absolute Gasteiger partial charge is 0.508 e. The maximum Gasteiger partial charge on any atom is 0.252 e. The number of imidazole rings is 1. The van der Waals surface area contributed by atoms with Crippen LogP contribution in [0.15, 0.2) is 42.9 Å². The summed E-state index contributed by atoms with van der Waals surface area (Å²) in [5.41, 5.74) is 2.73. The monoisotopic (exact) mass is 379 g/mol. The number of H-pyrrole nitrogens is 1. The molecule has 1 aliphatic heterocycles. The number of benzene rings is 1. The molecule has 1 fully saturated rings. The fraction of sp³-hybridized carbons (Fsp3) is 0.300. The van der Waals surface area contributed by atoms with Gasteiger partial charge in [-0.25, -0.2) is 9.97 Å². The van der Waals surface area contributed by atoms with Gasteiger partial charge in [0.15, 0.2) is 5.65 Å². The number of aromatic nitrogens is 3. The van der Waals surface area contributed by atoms with Crippen molar-refractivity contribution in [2.45, 2.75) is 12.8 Å². The Labute approximate surface area is 161 Å². The summed E-state index contributed by atoms with van der Waals surface area (Å²) in [6.07, 6.45) is 4.07. The van der Waals surface area contributed by atoms with Gasteiger partial charge < -0.3 is 20.3 Å². The smallest absolute Gasteiger partial charge is 0.252 e. The Bertz CT molecular complexity index is 1010. The van der Waals surface area contributed by atoms with Gasteiger partial charge in [-0.3, -0.25) is 9.59 Å². The average molecular weight is 379 g/mol. The molecule has 2 amide bonds. The van der Waals surface area contributed by atoms with E-state index in [1.165, 1.54) is 6.20 Å². The lowest BCUT2D eigenvalue weighted by Crippen LogP contribution is -2.53. The summed E-state index contributed by atoms with van der Waals surface area (Å²) in [7, 11) is 0. The zero-order valence-corrected chi connectivity index (χ0v) is 15.3. The van der Waals surface area contributed by atoms with Crippen LogP contribution in [0, 0.1) is 5.92 Å². The lowest BCUT2D eigenvalue weighted by molar-refractivity contribution is -0.137. The quantitative estimate of drug-likeness (QED) is 0.601. The molecule has 3 N–H and O–H groups in total. The van der Waals surface area contributed by atoms with Crippen LogP contribution in [-0.4, -0.2) is 56.4 Å². The predicted octanol–water partition coefficient (Wildman–Crippen LogP) is 1.48. The molecule has 4 rings (SSSR count). The highest BCUT2D eigenvalue weighted by molar-refractivity contribution is 5.96. The normalized spacial score (nSPS) is 14.1. The number of pyridine rings is 1. The van der Waals surface area contributed by atoms with Crippen molar-refractivity contribution < 1.29 is 14.7 Å². The van der Waals surface area contributed by atoms with Gasteiger partial charge in [-0.05, 0) is 30.2 Å². The number of nitrogens with zero attached hydrogens (tertiary/aromatic N) is 3. The van der Waals surface area contributed by atoms with Crippen molar-refractivity contribution in [3.8, 4) is 5.75 Å². The number of carbonyl (C=O) groups excluding carboxylic acids is 2. The first kappa shape index (κ1) is 18.0. The second-order valence-corrected chi connectivity index (χ2v) is 7.04. The number of carbonyl (C=O) groups is 2. The summed E-state index contributed by atoms with van der Waals surface area (Å²) in [4.78, 5) is 37.4. The molecule has 3 heterocycles. The molecule has 0 atom stereocenters. The number of nitrogens with one attached hydrogen (secondary N) is 2. The van der Waals surface area contributed by atoms with E-state index in [0.29, 0.717) is 43.7 Å². The number of likely N-dealkylation sites (tertiary alicyclic amines) is 1. The molecule has 144 valence electrons. The summed E-state index contributed by atoms with van der Waals surface area (Å²) >= 11 is 0. The van der Waals surface area contributed by atoms with E-state index >= 15 is 0 Å². The van der Waals surface area contributed by atoms with E-state index in [2.05, 4.69) is 20.3 Å². The van der Waals surface area contributed by atoms with E-state index < -0.39 is 0 Å². The van der Waals surface area contributed by atoms with Crippen molar-refractivity contribution in [2.24, 2.45) is 5.92 Å². The summed E-state index contributed by atoms with van der Waals surface area (Å²) in [6.45, 7) is 1.82. The third-order valence-electron chi connectivity index (χ3n) is 4.94. The Balaban J connectivity index is 1.20. The van der Waals surface area contributed by atoms with E-state index in [1.807, 2.05) is 6.07 Å². The topological polar surface area (TPSA) is 111 Å². The van der Waals surface area contributed by atoms with Crippen molar-refractivity contribution in [1.82, 2.24) is 25.2 Å². The van der Waals surface area contributed by atoms with Gasteiger partial charge in [0, 0.05) is 38.2 Å². The fourth-order valence-corrected chi connectivity index (χ4v) is 3.32. The summed E-state index contributed by atoms with van der Waals surface area (Å²) in [5.74, 6) is 0.390. The van der Waals surface area contributed by atoms with E-state index in [0.717, 1.165) is 11.1 Å². The molecule has 0 aliphatic carbocycles. The van der Waals surface area contributed by atoms with Gasteiger partial charge in [0.05, 0.1) is 17.4 Å². The zero-order chi connectivity index (χ0) is 19.5. The minimum Gasteiger partial charge on any atom is -0.508 e. The Morgan fingerprint density at radius 2 is 2.11 bits per heavy atom. The molecule has 0 unspecified atom stereocenters. The van der Waals surface area contributed by atoms with Crippen molar-refractivity contribution in [2.75, 3.05) is 19.6 Å². The summed E-state index contributed by atoms with van der Waals surface area (Å²) < 4.78 is 0. The number of aromatic hydroxyl groups is 1. The molecule has 1 saturated heterocycles. The Hall–Kier alpha value is -3.42. The number of amides is 2. The lowest BCUT2D eigenvalue weighted by Gasteiger charge is -2.39. The third kappa shape index (κ3) is 3.95. The first-order chi connectivity index (χ1) is 13.6. The van der Waals surface area contributed by atoms with Crippen LogP contribution in [-0.2, 0) is 11.2 Å². The van der Waals surface area contributed by atoms with Crippen molar-refractivity contribution >= 4 is 23.0 Å². The Kier molecular flexibility index (Phi) is 4.92. The number of phenols is 1. The molecular formula is C20H21N5O3. The average Bonchev–Trinajstić information content (AvgIpc) is 3.12. The van der Waals surface area contributed by atoms with E-state index in [-0.39, 0.29) is 23.5 Å². The number of hydrogen-bond acceptors (Lipinski definition) is 5. The maximum absolute atomic E-state index is 12.3. The highest BCUT2D eigenvalue weighted by Crippen LogP contribution is 2.18. The van der Waals surface area contributed by atoms with Gasteiger partial charge in [0.25, 0.3) is 5.91 Å². The van der Waals surface area contributed by atoms with Gasteiger partial charge >= 0.3 is 0 Å². The van der Waals surface area contributed by atoms with Crippen LogP contribution >= 0.6 is 0 Å². The van der Waals surface area contributed by atoms with Crippen LogP contribution < -0.4 is 5.32 Å². The number of hydrogen-bond donors (Lipinski definition) is 3. The van der Waals surface area contributed by atoms with Gasteiger partial charge in [0.1, 0.15) is 5.75 Å². The fourth-order valence-electron chi connectivity index (χ4n) is 3.32. The summed E-state index contributed by atoms with van der Waals surface area (Å²) in [5, 5.41) is 12.4.